The van der Waals surface area contributed by atoms with Gasteiger partial charge in [0.15, 0.2) is 6.07 Å². The molecule has 2 rings (SSSR count). The smallest absolute Gasteiger partial charge is 0.319 e. The van der Waals surface area contributed by atoms with Crippen molar-refractivity contribution in [3.05, 3.63) is 29.3 Å². The topological polar surface area (TPSA) is 73.2 Å². The van der Waals surface area contributed by atoms with E-state index in [1.807, 2.05) is 19.2 Å². The summed E-state index contributed by atoms with van der Waals surface area (Å²) in [6.45, 7) is 0.874. The summed E-state index contributed by atoms with van der Waals surface area (Å²) in [6, 6.07) is 7.17. The number of carbonyl (C=O) groups excluding carboxylic acids is 2. The van der Waals surface area contributed by atoms with E-state index < -0.39 is 5.91 Å². The summed E-state index contributed by atoms with van der Waals surface area (Å²) in [6.07, 6.45) is 1.79. The maximum atomic E-state index is 11.8. The molecule has 1 heterocycles. The Labute approximate surface area is 111 Å². The summed E-state index contributed by atoms with van der Waals surface area (Å²) in [4.78, 5) is 24.3. The van der Waals surface area contributed by atoms with Gasteiger partial charge in [0.25, 0.3) is 0 Å². The van der Waals surface area contributed by atoms with Crippen LogP contribution in [0.1, 0.15) is 17.5 Å². The van der Waals surface area contributed by atoms with Gasteiger partial charge in [0, 0.05) is 6.42 Å². The van der Waals surface area contributed by atoms with Crippen LogP contribution < -0.4 is 10.2 Å². The van der Waals surface area contributed by atoms with Crippen molar-refractivity contribution in [1.82, 2.24) is 5.32 Å². The average molecular weight is 257 g/mol. The summed E-state index contributed by atoms with van der Waals surface area (Å²) in [7, 11) is 1.89. The molecule has 1 aliphatic rings. The van der Waals surface area contributed by atoms with Gasteiger partial charge in [0.2, 0.25) is 5.91 Å². The van der Waals surface area contributed by atoms with Gasteiger partial charge in [-0.25, -0.2) is 4.90 Å². The van der Waals surface area contributed by atoms with E-state index >= 15 is 0 Å². The number of amides is 2. The van der Waals surface area contributed by atoms with E-state index in [9.17, 15) is 9.59 Å². The summed E-state index contributed by atoms with van der Waals surface area (Å²) in [5, 5.41) is 11.8. The zero-order valence-electron chi connectivity index (χ0n) is 10.8. The third kappa shape index (κ3) is 2.64. The van der Waals surface area contributed by atoms with Crippen LogP contribution in [0.4, 0.5) is 5.69 Å². The minimum Gasteiger partial charge on any atom is -0.319 e. The van der Waals surface area contributed by atoms with Crippen LogP contribution in [0, 0.1) is 11.3 Å². The molecule has 0 bridgehead atoms. The van der Waals surface area contributed by atoms with Crippen molar-refractivity contribution in [1.29, 1.82) is 5.26 Å². The zero-order valence-corrected chi connectivity index (χ0v) is 10.8. The molecule has 0 fully saturated rings. The summed E-state index contributed by atoms with van der Waals surface area (Å²) < 4.78 is 0. The molecule has 0 unspecified atom stereocenters. The molecule has 1 aromatic rings. The average Bonchev–Trinajstić information content (AvgIpc) is 2.44. The second-order valence-electron chi connectivity index (χ2n) is 4.46. The Bertz CT molecular complexity index is 560. The fraction of sp³-hybridized carbons (Fsp3) is 0.357. The molecule has 0 spiro atoms. The van der Waals surface area contributed by atoms with E-state index in [-0.39, 0.29) is 12.3 Å². The van der Waals surface area contributed by atoms with Crippen molar-refractivity contribution in [3.63, 3.8) is 0 Å². The van der Waals surface area contributed by atoms with Crippen molar-refractivity contribution in [2.45, 2.75) is 19.3 Å². The summed E-state index contributed by atoms with van der Waals surface area (Å²) >= 11 is 0. The quantitative estimate of drug-likeness (QED) is 0.812. The Balaban J connectivity index is 2.34. The summed E-state index contributed by atoms with van der Waals surface area (Å²) in [5.74, 6) is -1.11. The van der Waals surface area contributed by atoms with Gasteiger partial charge in [-0.05, 0) is 43.6 Å². The number of likely N-dealkylation sites (N-methyl/N-ethyl adjacent to an activating group) is 1. The number of rotatable bonds is 3. The van der Waals surface area contributed by atoms with E-state index in [0.29, 0.717) is 12.1 Å². The number of hydrogen-bond donors (Lipinski definition) is 1. The normalized spacial score (nSPS) is 13.9. The molecule has 1 N–H and O–H groups in total. The molecule has 5 nitrogen and oxygen atoms in total. The van der Waals surface area contributed by atoms with Crippen molar-refractivity contribution >= 4 is 17.5 Å². The highest BCUT2D eigenvalue weighted by Gasteiger charge is 2.29. The maximum absolute atomic E-state index is 11.8. The van der Waals surface area contributed by atoms with Gasteiger partial charge < -0.3 is 5.32 Å². The third-order valence-electron chi connectivity index (χ3n) is 3.20. The van der Waals surface area contributed by atoms with Gasteiger partial charge >= 0.3 is 5.91 Å². The van der Waals surface area contributed by atoms with Crippen molar-refractivity contribution in [2.75, 3.05) is 18.5 Å². The van der Waals surface area contributed by atoms with E-state index in [2.05, 4.69) is 5.32 Å². The fourth-order valence-corrected chi connectivity index (χ4v) is 2.24. The first-order chi connectivity index (χ1) is 9.17. The number of anilines is 1. The Morgan fingerprint density at radius 3 is 2.95 bits per heavy atom. The number of nitrogens with one attached hydrogen (secondary N) is 1. The molecule has 19 heavy (non-hydrogen) atoms. The Morgan fingerprint density at radius 2 is 2.26 bits per heavy atom. The van der Waals surface area contributed by atoms with Crippen molar-refractivity contribution in [3.8, 4) is 6.07 Å². The largest absolute Gasteiger partial charge is 0.336 e. The molecule has 0 aliphatic carbocycles. The second-order valence-corrected chi connectivity index (χ2v) is 4.46. The van der Waals surface area contributed by atoms with Crippen LogP contribution in [0.2, 0.25) is 0 Å². The molecule has 1 aliphatic heterocycles. The number of carbonyl (C=O) groups is 2. The van der Waals surface area contributed by atoms with E-state index in [0.717, 1.165) is 29.0 Å². The van der Waals surface area contributed by atoms with Crippen LogP contribution in [0.5, 0.6) is 0 Å². The standard InChI is InChI=1S/C14H15N3O2/c1-16-7-6-10-2-4-12-11(8-10)3-5-13(18)17(12)14(19)9-15/h2,4,8,16H,3,5-7H2,1H3. The predicted octanol–water partition coefficient (Wildman–Crippen LogP) is 0.778. The fourth-order valence-electron chi connectivity index (χ4n) is 2.24. The SMILES string of the molecule is CNCCc1ccc2c(c1)CCC(=O)N2C(=O)C#N. The molecule has 98 valence electrons. The van der Waals surface area contributed by atoms with Gasteiger partial charge in [0.05, 0.1) is 5.69 Å². The Kier molecular flexibility index (Phi) is 3.93. The van der Waals surface area contributed by atoms with Crippen molar-refractivity contribution in [2.24, 2.45) is 0 Å². The van der Waals surface area contributed by atoms with Gasteiger partial charge in [0.1, 0.15) is 0 Å². The Hall–Kier alpha value is -2.19. The predicted molar refractivity (Wildman–Crippen MR) is 70.5 cm³/mol. The molecule has 0 saturated carbocycles. The van der Waals surface area contributed by atoms with Crippen LogP contribution in [0.25, 0.3) is 0 Å². The first-order valence-electron chi connectivity index (χ1n) is 6.20. The van der Waals surface area contributed by atoms with Gasteiger partial charge in [-0.3, -0.25) is 9.59 Å². The van der Waals surface area contributed by atoms with E-state index in [1.165, 1.54) is 6.07 Å². The van der Waals surface area contributed by atoms with Gasteiger partial charge in [-0.1, -0.05) is 12.1 Å². The van der Waals surface area contributed by atoms with Crippen molar-refractivity contribution < 1.29 is 9.59 Å². The summed E-state index contributed by atoms with van der Waals surface area (Å²) in [5.41, 5.74) is 2.67. The monoisotopic (exact) mass is 257 g/mol. The lowest BCUT2D eigenvalue weighted by molar-refractivity contribution is -0.124. The van der Waals surface area contributed by atoms with Gasteiger partial charge in [-0.2, -0.15) is 5.26 Å². The van der Waals surface area contributed by atoms with Crippen LogP contribution in [0.3, 0.4) is 0 Å². The minimum absolute atomic E-state index is 0.274. The zero-order chi connectivity index (χ0) is 13.8. The lowest BCUT2D eigenvalue weighted by Crippen LogP contribution is -2.39. The lowest BCUT2D eigenvalue weighted by Gasteiger charge is -2.26. The molecule has 0 aromatic heterocycles. The van der Waals surface area contributed by atoms with Crippen LogP contribution in [-0.4, -0.2) is 25.4 Å². The number of benzene rings is 1. The molecule has 0 saturated heterocycles. The minimum atomic E-state index is -0.811. The third-order valence-corrected chi connectivity index (χ3v) is 3.20. The molecule has 2 amide bonds. The van der Waals surface area contributed by atoms with Gasteiger partial charge in [-0.15, -0.1) is 0 Å². The molecular weight excluding hydrogens is 242 g/mol. The second kappa shape index (κ2) is 5.63. The number of aryl methyl sites for hydroxylation is 1. The van der Waals surface area contributed by atoms with Crippen LogP contribution in [-0.2, 0) is 22.4 Å². The maximum Gasteiger partial charge on any atom is 0.336 e. The highest BCUT2D eigenvalue weighted by molar-refractivity contribution is 6.21. The first kappa shape index (κ1) is 13.2. The number of nitrogens with zero attached hydrogens (tertiary/aromatic N) is 2. The van der Waals surface area contributed by atoms with E-state index in [4.69, 9.17) is 5.26 Å². The highest BCUT2D eigenvalue weighted by Crippen LogP contribution is 2.29. The number of fused-ring (bicyclic) bond motifs is 1. The number of hydrogen-bond acceptors (Lipinski definition) is 4. The van der Waals surface area contributed by atoms with E-state index in [1.54, 1.807) is 6.07 Å². The number of imide groups is 1. The molecule has 5 heteroatoms. The molecule has 1 aromatic carbocycles. The first-order valence-corrected chi connectivity index (χ1v) is 6.20. The molecular formula is C14H15N3O2. The molecule has 0 atom stereocenters. The Morgan fingerprint density at radius 1 is 1.47 bits per heavy atom. The molecule has 0 radical (unpaired) electrons. The number of nitriles is 1. The lowest BCUT2D eigenvalue weighted by atomic mass is 9.97. The highest BCUT2D eigenvalue weighted by atomic mass is 16.2. The van der Waals surface area contributed by atoms with Crippen LogP contribution in [0.15, 0.2) is 18.2 Å². The van der Waals surface area contributed by atoms with Crippen LogP contribution >= 0.6 is 0 Å².